The van der Waals surface area contributed by atoms with Gasteiger partial charge in [0.2, 0.25) is 0 Å². The Balaban J connectivity index is 1.24. The Morgan fingerprint density at radius 1 is 0.976 bits per heavy atom. The summed E-state index contributed by atoms with van der Waals surface area (Å²) in [4.78, 5) is 7.60. The standard InChI is InChI=1S/C35H44Cl2N2O3/c1-3-4-5-6-7-11-34(40)29-10-8-9-27(22-29)24-39-20-18-26(19-21-39)25-42-31-16-17-32(33(37)23-31)35(38-41-2)28-12-14-30(36)15-13-28/h8-10,12-17,22-23,26,34,40H,3-7,11,18-21,24-25H2,1-2H3/b38-35-/t34-/m1/s1. The van der Waals surface area contributed by atoms with Crippen LogP contribution in [0.1, 0.15) is 86.6 Å². The lowest BCUT2D eigenvalue weighted by molar-refractivity contribution is 0.136. The number of oxime groups is 1. The minimum absolute atomic E-state index is 0.367. The Hall–Kier alpha value is -2.57. The van der Waals surface area contributed by atoms with E-state index in [0.29, 0.717) is 28.3 Å². The average Bonchev–Trinajstić information content (AvgIpc) is 3.00. The van der Waals surface area contributed by atoms with Crippen LogP contribution in [0.2, 0.25) is 10.0 Å². The van der Waals surface area contributed by atoms with Crippen LogP contribution in [0, 0.1) is 5.92 Å². The molecule has 1 saturated heterocycles. The number of hydrogen-bond acceptors (Lipinski definition) is 5. The van der Waals surface area contributed by atoms with Crippen molar-refractivity contribution >= 4 is 28.9 Å². The lowest BCUT2D eigenvalue weighted by atomic mass is 9.96. The summed E-state index contributed by atoms with van der Waals surface area (Å²) < 4.78 is 6.17. The van der Waals surface area contributed by atoms with Crippen molar-refractivity contribution in [3.63, 3.8) is 0 Å². The van der Waals surface area contributed by atoms with E-state index >= 15 is 0 Å². The average molecular weight is 612 g/mol. The summed E-state index contributed by atoms with van der Waals surface area (Å²) in [6, 6.07) is 21.6. The highest BCUT2D eigenvalue weighted by molar-refractivity contribution is 6.35. The number of rotatable bonds is 15. The fourth-order valence-corrected chi connectivity index (χ4v) is 5.91. The normalized spacial score (nSPS) is 15.5. The third-order valence-electron chi connectivity index (χ3n) is 8.01. The van der Waals surface area contributed by atoms with Crippen LogP contribution in [-0.2, 0) is 11.4 Å². The second-order valence-electron chi connectivity index (χ2n) is 11.3. The molecule has 1 heterocycles. The molecule has 3 aromatic rings. The van der Waals surface area contributed by atoms with Crippen LogP contribution in [-0.4, -0.2) is 42.5 Å². The second kappa shape index (κ2) is 16.9. The van der Waals surface area contributed by atoms with Gasteiger partial charge in [-0.2, -0.15) is 0 Å². The van der Waals surface area contributed by atoms with E-state index in [1.807, 2.05) is 42.5 Å². The van der Waals surface area contributed by atoms with Crippen molar-refractivity contribution in [2.24, 2.45) is 11.1 Å². The van der Waals surface area contributed by atoms with E-state index in [0.717, 1.165) is 67.8 Å². The summed E-state index contributed by atoms with van der Waals surface area (Å²) in [5, 5.41) is 16.1. The zero-order valence-corrected chi connectivity index (χ0v) is 26.4. The number of ether oxygens (including phenoxy) is 1. The van der Waals surface area contributed by atoms with Gasteiger partial charge in [0.05, 0.1) is 17.7 Å². The van der Waals surface area contributed by atoms with Gasteiger partial charge in [0.25, 0.3) is 0 Å². The molecule has 3 aromatic carbocycles. The molecule has 7 heteroatoms. The molecule has 0 bridgehead atoms. The summed E-state index contributed by atoms with van der Waals surface area (Å²) in [5.41, 5.74) is 4.59. The lowest BCUT2D eigenvalue weighted by Gasteiger charge is -2.32. The van der Waals surface area contributed by atoms with Crippen LogP contribution < -0.4 is 4.74 Å². The largest absolute Gasteiger partial charge is 0.493 e. The highest BCUT2D eigenvalue weighted by Crippen LogP contribution is 2.28. The summed E-state index contributed by atoms with van der Waals surface area (Å²) in [7, 11) is 1.52. The minimum atomic E-state index is -0.367. The number of hydrogen-bond donors (Lipinski definition) is 1. The Kier molecular flexibility index (Phi) is 13.0. The van der Waals surface area contributed by atoms with E-state index in [-0.39, 0.29) is 6.10 Å². The molecule has 0 aliphatic carbocycles. The van der Waals surface area contributed by atoms with E-state index in [9.17, 15) is 5.11 Å². The maximum absolute atomic E-state index is 10.7. The first-order valence-corrected chi connectivity index (χ1v) is 16.0. The first-order valence-electron chi connectivity index (χ1n) is 15.3. The molecule has 1 aliphatic rings. The molecule has 1 atom stereocenters. The highest BCUT2D eigenvalue weighted by Gasteiger charge is 2.21. The summed E-state index contributed by atoms with van der Waals surface area (Å²) >= 11 is 12.7. The van der Waals surface area contributed by atoms with Gasteiger partial charge in [0, 0.05) is 22.7 Å². The van der Waals surface area contributed by atoms with Crippen molar-refractivity contribution in [3.05, 3.63) is 99.0 Å². The summed E-state index contributed by atoms with van der Waals surface area (Å²) in [5.74, 6) is 1.25. The maximum atomic E-state index is 10.7. The zero-order valence-electron chi connectivity index (χ0n) is 24.9. The monoisotopic (exact) mass is 610 g/mol. The molecule has 0 saturated carbocycles. The molecule has 1 N–H and O–H groups in total. The van der Waals surface area contributed by atoms with E-state index in [1.165, 1.54) is 38.4 Å². The molecular weight excluding hydrogens is 567 g/mol. The molecular formula is C35H44Cl2N2O3. The van der Waals surface area contributed by atoms with Crippen LogP contribution in [0.4, 0.5) is 0 Å². The molecule has 0 aromatic heterocycles. The smallest absolute Gasteiger partial charge is 0.120 e. The third kappa shape index (κ3) is 9.74. The van der Waals surface area contributed by atoms with Gasteiger partial charge in [-0.25, -0.2) is 0 Å². The number of nitrogens with zero attached hydrogens (tertiary/aromatic N) is 2. The minimum Gasteiger partial charge on any atom is -0.493 e. The number of halogens is 2. The van der Waals surface area contributed by atoms with E-state index in [4.69, 9.17) is 32.8 Å². The molecule has 0 amide bonds. The van der Waals surface area contributed by atoms with E-state index in [2.05, 4.69) is 41.2 Å². The van der Waals surface area contributed by atoms with Crippen molar-refractivity contribution in [3.8, 4) is 5.75 Å². The van der Waals surface area contributed by atoms with E-state index < -0.39 is 0 Å². The molecule has 4 rings (SSSR count). The summed E-state index contributed by atoms with van der Waals surface area (Å²) in [6.45, 7) is 5.89. The van der Waals surface area contributed by atoms with Gasteiger partial charge in [-0.15, -0.1) is 0 Å². The number of unbranched alkanes of at least 4 members (excludes halogenated alkanes) is 4. The van der Waals surface area contributed by atoms with E-state index in [1.54, 1.807) is 0 Å². The first-order chi connectivity index (χ1) is 20.5. The predicted octanol–water partition coefficient (Wildman–Crippen LogP) is 9.08. The topological polar surface area (TPSA) is 54.3 Å². The Labute approximate surface area is 261 Å². The zero-order chi connectivity index (χ0) is 29.7. The Bertz CT molecular complexity index is 1270. The van der Waals surface area contributed by atoms with Crippen LogP contribution in [0.25, 0.3) is 0 Å². The fraction of sp³-hybridized carbons (Fsp3) is 0.457. The molecule has 42 heavy (non-hydrogen) atoms. The van der Waals surface area contributed by atoms with Crippen molar-refractivity contribution in [2.75, 3.05) is 26.8 Å². The quantitative estimate of drug-likeness (QED) is 0.106. The number of piperidine rings is 1. The predicted molar refractivity (Wildman–Crippen MR) is 174 cm³/mol. The first kappa shape index (κ1) is 32.3. The maximum Gasteiger partial charge on any atom is 0.120 e. The lowest BCUT2D eigenvalue weighted by Crippen LogP contribution is -2.35. The SMILES string of the molecule is CCCCCCC[C@@H](O)c1cccc(CN2CCC(COc3ccc(/C(=N\OC)c4ccc(Cl)cc4)c(Cl)c3)CC2)c1. The Morgan fingerprint density at radius 3 is 2.45 bits per heavy atom. The van der Waals surface area contributed by atoms with Crippen molar-refractivity contribution in [1.82, 2.24) is 4.90 Å². The van der Waals surface area contributed by atoms with Gasteiger partial charge < -0.3 is 14.7 Å². The van der Waals surface area contributed by atoms with Crippen LogP contribution in [0.15, 0.2) is 71.9 Å². The molecule has 0 unspecified atom stereocenters. The summed E-state index contributed by atoms with van der Waals surface area (Å²) in [6.07, 6.45) is 8.75. The van der Waals surface area contributed by atoms with Gasteiger partial charge in [0.1, 0.15) is 18.6 Å². The molecule has 1 fully saturated rings. The number of likely N-dealkylation sites (tertiary alicyclic amines) is 1. The Morgan fingerprint density at radius 2 is 1.74 bits per heavy atom. The van der Waals surface area contributed by atoms with Crippen molar-refractivity contribution in [1.29, 1.82) is 0 Å². The second-order valence-corrected chi connectivity index (χ2v) is 12.1. The van der Waals surface area contributed by atoms with Crippen LogP contribution in [0.3, 0.4) is 0 Å². The van der Waals surface area contributed by atoms with Gasteiger partial charge in [0.15, 0.2) is 0 Å². The molecule has 226 valence electrons. The van der Waals surface area contributed by atoms with Crippen molar-refractivity contribution < 1.29 is 14.7 Å². The fourth-order valence-electron chi connectivity index (χ4n) is 5.52. The van der Waals surface area contributed by atoms with Crippen LogP contribution >= 0.6 is 23.2 Å². The molecule has 1 aliphatic heterocycles. The molecule has 0 radical (unpaired) electrons. The van der Waals surface area contributed by atoms with Crippen LogP contribution in [0.5, 0.6) is 5.75 Å². The number of aliphatic hydroxyl groups excluding tert-OH is 1. The highest BCUT2D eigenvalue weighted by atomic mass is 35.5. The van der Waals surface area contributed by atoms with Gasteiger partial charge >= 0.3 is 0 Å². The molecule has 0 spiro atoms. The van der Waals surface area contributed by atoms with Gasteiger partial charge in [-0.3, -0.25) is 4.90 Å². The third-order valence-corrected chi connectivity index (χ3v) is 8.58. The molecule has 5 nitrogen and oxygen atoms in total. The van der Waals surface area contributed by atoms with Crippen molar-refractivity contribution in [2.45, 2.75) is 70.9 Å². The van der Waals surface area contributed by atoms with Gasteiger partial charge in [-0.05, 0) is 79.7 Å². The number of benzene rings is 3. The number of aliphatic hydroxyl groups is 1. The van der Waals surface area contributed by atoms with Gasteiger partial charge in [-0.1, -0.05) is 104 Å².